The Labute approximate surface area is 392 Å². The van der Waals surface area contributed by atoms with E-state index in [1.54, 1.807) is 24.4 Å². The molecule has 3 saturated heterocycles. The number of aliphatic carboxylic acids is 3. The number of benzene rings is 3. The zero-order valence-corrected chi connectivity index (χ0v) is 37.1. The van der Waals surface area contributed by atoms with Crippen molar-refractivity contribution in [2.24, 2.45) is 0 Å². The summed E-state index contributed by atoms with van der Waals surface area (Å²) in [5, 5.41) is 27.6. The molecule has 5 aromatic rings. The van der Waals surface area contributed by atoms with Gasteiger partial charge in [0.1, 0.15) is 40.4 Å². The number of nitrogens with one attached hydrogen (secondary N) is 1. The van der Waals surface area contributed by atoms with Crippen LogP contribution in [0.4, 0.5) is 53.6 Å². The maximum Gasteiger partial charge on any atom is 0.490 e. The molecule has 70 heavy (non-hydrogen) atoms. The van der Waals surface area contributed by atoms with E-state index in [0.717, 1.165) is 18.2 Å². The molecule has 380 valence electrons. The molecule has 2 aromatic heterocycles. The summed E-state index contributed by atoms with van der Waals surface area (Å²) in [6, 6.07) is 16.8. The lowest BCUT2D eigenvalue weighted by atomic mass is 10.0. The number of piperazine rings is 1. The standard InChI is InChI=1S/C35H33ClF2N6O4S.3C2HF3O2/c1-43-14-13-29(48-23-7-4-8-24(15-23)49(38,45)46)28(43)19-47-35-41-33-26(34(42-35)44-17-21-11-12-22(18-44)40-21)16-39-32(31(33)37)25-9-2-5-20-6-3-10-27(36)30(20)25;3*3-2(4,5)1(6)7/h2-10,15-16,21-22,28-29,40H,11-14,17-19H2,1H3;3*(H,6,7)/t21-,22+,28-,29+;;;/m1.../s1. The number of anilines is 1. The second-order valence-corrected chi connectivity index (χ2v) is 17.1. The topological polar surface area (TPSA) is 222 Å². The van der Waals surface area contributed by atoms with Crippen LogP contribution in [-0.2, 0) is 24.6 Å². The Balaban J connectivity index is 0.000000364. The van der Waals surface area contributed by atoms with Crippen LogP contribution < -0.4 is 19.7 Å². The first-order valence-corrected chi connectivity index (χ1v) is 21.7. The number of fused-ring (bicyclic) bond motifs is 4. The van der Waals surface area contributed by atoms with Gasteiger partial charge < -0.3 is 35.0 Å². The Hall–Kier alpha value is -6.39. The number of halogens is 12. The smallest absolute Gasteiger partial charge is 0.489 e. The number of alkyl halides is 9. The van der Waals surface area contributed by atoms with Crippen LogP contribution in [0.5, 0.6) is 11.8 Å². The van der Waals surface area contributed by atoms with Crippen molar-refractivity contribution in [2.45, 2.75) is 66.9 Å². The molecule has 8 rings (SSSR count). The van der Waals surface area contributed by atoms with Gasteiger partial charge in [-0.1, -0.05) is 48.0 Å². The lowest BCUT2D eigenvalue weighted by molar-refractivity contribution is -0.193. The Kier molecular flexibility index (Phi) is 16.9. The number of hydrogen-bond acceptors (Lipinski definition) is 13. The number of likely N-dealkylation sites (N-methyl/N-ethyl adjacent to an activating group) is 1. The fraction of sp³-hybridized carbons (Fsp3) is 0.366. The fourth-order valence-electron chi connectivity index (χ4n) is 7.36. The monoisotopic (exact) mass is 1050 g/mol. The number of carboxylic acids is 3. The summed E-state index contributed by atoms with van der Waals surface area (Å²) in [6.45, 7) is 2.21. The van der Waals surface area contributed by atoms with Gasteiger partial charge in [0.15, 0.2) is 5.82 Å². The van der Waals surface area contributed by atoms with E-state index in [0.29, 0.717) is 65.3 Å². The van der Waals surface area contributed by atoms with E-state index in [-0.39, 0.29) is 35.6 Å². The quantitative estimate of drug-likeness (QED) is 0.0865. The molecule has 16 nitrogen and oxygen atoms in total. The molecule has 5 heterocycles. The summed E-state index contributed by atoms with van der Waals surface area (Å²) < 4.78 is 161. The minimum absolute atomic E-state index is 0.0185. The largest absolute Gasteiger partial charge is 0.490 e. The molecule has 0 spiro atoms. The van der Waals surface area contributed by atoms with Gasteiger partial charge in [-0.15, -0.1) is 3.89 Å². The Bertz CT molecular complexity index is 2770. The van der Waals surface area contributed by atoms with E-state index >= 15 is 4.39 Å². The molecule has 29 heteroatoms. The van der Waals surface area contributed by atoms with E-state index in [9.17, 15) is 51.8 Å². The lowest BCUT2D eigenvalue weighted by Crippen LogP contribution is -2.51. The zero-order valence-electron chi connectivity index (χ0n) is 35.5. The molecule has 0 saturated carbocycles. The van der Waals surface area contributed by atoms with Gasteiger partial charge in [0.05, 0.1) is 11.4 Å². The Morgan fingerprint density at radius 2 is 1.37 bits per heavy atom. The maximum absolute atomic E-state index is 16.8. The first kappa shape index (κ1) is 54.5. The summed E-state index contributed by atoms with van der Waals surface area (Å²) in [5.41, 5.74) is 0.781. The first-order valence-electron chi connectivity index (χ1n) is 19.9. The molecule has 0 unspecified atom stereocenters. The molecule has 4 atom stereocenters. The SMILES string of the molecule is CN1CC[C@H](Oc2cccc(S(=O)(=O)F)c2)[C@H]1COc1nc(N2C[C@H]3CC[C@@H](C2)N3)c2cnc(-c3cccc4cccc(Cl)c34)c(F)c2n1.O=C(O)C(F)(F)F.O=C(O)C(F)(F)F.O=C(O)C(F)(F)F. The van der Waals surface area contributed by atoms with Crippen LogP contribution >= 0.6 is 11.6 Å². The van der Waals surface area contributed by atoms with E-state index in [1.165, 1.54) is 18.2 Å². The molecule has 0 amide bonds. The molecule has 3 aliphatic rings. The van der Waals surface area contributed by atoms with Crippen LogP contribution in [0.3, 0.4) is 0 Å². The number of aromatic nitrogens is 3. The highest BCUT2D eigenvalue weighted by atomic mass is 35.5. The molecular weight excluding hydrogens is 1010 g/mol. The zero-order chi connectivity index (χ0) is 52.1. The average Bonchev–Trinajstić information content (AvgIpc) is 3.80. The van der Waals surface area contributed by atoms with Gasteiger partial charge in [-0.05, 0) is 49.9 Å². The third-order valence-electron chi connectivity index (χ3n) is 10.5. The predicted octanol–water partition coefficient (Wildman–Crippen LogP) is 7.67. The van der Waals surface area contributed by atoms with E-state index in [1.807, 2.05) is 31.3 Å². The number of ether oxygens (including phenoxy) is 2. The van der Waals surface area contributed by atoms with Crippen LogP contribution in [0.15, 0.2) is 71.8 Å². The Morgan fingerprint density at radius 1 is 0.829 bits per heavy atom. The predicted molar refractivity (Wildman–Crippen MR) is 224 cm³/mol. The summed E-state index contributed by atoms with van der Waals surface area (Å²) in [4.78, 5) is 44.5. The number of rotatable bonds is 8. The van der Waals surface area contributed by atoms with Crippen LogP contribution in [-0.4, -0.2) is 138 Å². The van der Waals surface area contributed by atoms with Gasteiger partial charge >= 0.3 is 52.7 Å². The van der Waals surface area contributed by atoms with Crippen molar-refractivity contribution in [2.75, 3.05) is 38.2 Å². The van der Waals surface area contributed by atoms with E-state index < -0.39 is 63.5 Å². The number of carboxylic acid groups (broad SMARTS) is 3. The lowest BCUT2D eigenvalue weighted by Gasteiger charge is -2.34. The second-order valence-electron chi connectivity index (χ2n) is 15.3. The highest BCUT2D eigenvalue weighted by Crippen LogP contribution is 2.38. The molecule has 4 N–H and O–H groups in total. The Morgan fingerprint density at radius 3 is 1.91 bits per heavy atom. The molecular formula is C41H36ClF11N6O10S. The second kappa shape index (κ2) is 21.7. The van der Waals surface area contributed by atoms with Crippen molar-refractivity contribution >= 4 is 67.2 Å². The van der Waals surface area contributed by atoms with Gasteiger partial charge in [-0.3, -0.25) is 9.88 Å². The van der Waals surface area contributed by atoms with Gasteiger partial charge in [-0.2, -0.15) is 57.9 Å². The van der Waals surface area contributed by atoms with Crippen LogP contribution in [0.2, 0.25) is 5.02 Å². The fourth-order valence-corrected chi connectivity index (χ4v) is 8.14. The number of hydrogen-bond donors (Lipinski definition) is 4. The molecule has 3 aliphatic heterocycles. The average molecular weight is 1050 g/mol. The van der Waals surface area contributed by atoms with Crippen molar-refractivity contribution in [1.29, 1.82) is 0 Å². The van der Waals surface area contributed by atoms with Crippen molar-refractivity contribution in [3.8, 4) is 23.0 Å². The van der Waals surface area contributed by atoms with Crippen molar-refractivity contribution in [3.63, 3.8) is 0 Å². The van der Waals surface area contributed by atoms with Gasteiger partial charge in [0.2, 0.25) is 0 Å². The first-order chi connectivity index (χ1) is 32.4. The van der Waals surface area contributed by atoms with Crippen LogP contribution in [0.1, 0.15) is 19.3 Å². The number of carbonyl (C=O) groups is 3. The van der Waals surface area contributed by atoms with Crippen molar-refractivity contribution in [1.82, 2.24) is 25.2 Å². The van der Waals surface area contributed by atoms with Crippen molar-refractivity contribution < 1.29 is 95.4 Å². The van der Waals surface area contributed by atoms with Crippen molar-refractivity contribution in [3.05, 3.63) is 77.7 Å². The summed E-state index contributed by atoms with van der Waals surface area (Å²) >= 11 is 6.61. The highest BCUT2D eigenvalue weighted by Gasteiger charge is 2.40. The normalized spacial score (nSPS) is 19.2. The number of likely N-dealkylation sites (tertiary alicyclic amines) is 1. The minimum atomic E-state index is -5.08. The summed E-state index contributed by atoms with van der Waals surface area (Å²) in [7, 11) is -2.96. The van der Waals surface area contributed by atoms with Gasteiger partial charge in [0, 0.05) is 60.0 Å². The summed E-state index contributed by atoms with van der Waals surface area (Å²) in [5.74, 6) is -8.08. The third kappa shape index (κ3) is 13.9. The molecule has 3 aromatic carbocycles. The molecule has 2 bridgehead atoms. The van der Waals surface area contributed by atoms with Crippen LogP contribution in [0, 0.1) is 5.82 Å². The highest BCUT2D eigenvalue weighted by molar-refractivity contribution is 7.86. The van der Waals surface area contributed by atoms with Crippen LogP contribution in [0.25, 0.3) is 32.9 Å². The third-order valence-corrected chi connectivity index (χ3v) is 11.6. The maximum atomic E-state index is 16.8. The van der Waals surface area contributed by atoms with Gasteiger partial charge in [0.25, 0.3) is 0 Å². The minimum Gasteiger partial charge on any atom is -0.489 e. The summed E-state index contributed by atoms with van der Waals surface area (Å²) in [6.07, 6.45) is -11.3. The van der Waals surface area contributed by atoms with E-state index in [2.05, 4.69) is 25.1 Å². The molecule has 0 radical (unpaired) electrons. The molecule has 0 aliphatic carbocycles. The van der Waals surface area contributed by atoms with E-state index in [4.69, 9.17) is 55.8 Å². The molecule has 3 fully saturated rings. The number of pyridine rings is 1. The van der Waals surface area contributed by atoms with Gasteiger partial charge in [-0.25, -0.2) is 18.8 Å². The number of nitrogens with zero attached hydrogens (tertiary/aromatic N) is 5.